The molecule has 8 heteroatoms. The van der Waals surface area contributed by atoms with Gasteiger partial charge in [0.2, 0.25) is 0 Å². The Labute approximate surface area is 182 Å². The van der Waals surface area contributed by atoms with Gasteiger partial charge in [-0.05, 0) is 41.5 Å². The minimum absolute atomic E-state index is 0.105. The summed E-state index contributed by atoms with van der Waals surface area (Å²) < 4.78 is 2.63. The van der Waals surface area contributed by atoms with Crippen LogP contribution in [0.15, 0.2) is 52.8 Å². The number of carbonyl (C=O) groups is 1. The SMILES string of the molecule is Cc1nc(N2CCc3c(cn(Cc4ccccc4)c(=O)c3C(N)=O)C2)c2sccc2n1. The third-order valence-corrected chi connectivity index (χ3v) is 6.51. The summed E-state index contributed by atoms with van der Waals surface area (Å²) in [5.41, 5.74) is 9.02. The molecule has 4 aromatic rings. The van der Waals surface area contributed by atoms with E-state index in [2.05, 4.69) is 9.88 Å². The maximum absolute atomic E-state index is 13.1. The number of amides is 1. The van der Waals surface area contributed by atoms with Gasteiger partial charge in [-0.25, -0.2) is 9.97 Å². The molecule has 0 unspecified atom stereocenters. The second kappa shape index (κ2) is 7.63. The minimum atomic E-state index is -0.671. The zero-order valence-electron chi connectivity index (χ0n) is 17.0. The molecule has 31 heavy (non-hydrogen) atoms. The molecule has 0 atom stereocenters. The lowest BCUT2D eigenvalue weighted by atomic mass is 9.96. The first-order valence-corrected chi connectivity index (χ1v) is 10.9. The summed E-state index contributed by atoms with van der Waals surface area (Å²) in [7, 11) is 0. The predicted octanol–water partition coefficient (Wildman–Crippen LogP) is 2.87. The number of nitrogens with zero attached hydrogens (tertiary/aromatic N) is 4. The monoisotopic (exact) mass is 431 g/mol. The lowest BCUT2D eigenvalue weighted by Crippen LogP contribution is -2.38. The summed E-state index contributed by atoms with van der Waals surface area (Å²) in [5, 5.41) is 2.02. The van der Waals surface area contributed by atoms with Crippen LogP contribution in [0.1, 0.15) is 32.9 Å². The van der Waals surface area contributed by atoms with E-state index in [1.165, 1.54) is 0 Å². The summed E-state index contributed by atoms with van der Waals surface area (Å²) >= 11 is 1.62. The molecule has 4 heterocycles. The van der Waals surface area contributed by atoms with E-state index in [1.807, 2.05) is 54.9 Å². The Bertz CT molecular complexity index is 1360. The van der Waals surface area contributed by atoms with E-state index >= 15 is 0 Å². The normalized spacial score (nSPS) is 13.4. The molecule has 0 saturated heterocycles. The van der Waals surface area contributed by atoms with Crippen LogP contribution in [0.4, 0.5) is 5.82 Å². The summed E-state index contributed by atoms with van der Waals surface area (Å²) in [4.78, 5) is 36.7. The molecular weight excluding hydrogens is 410 g/mol. The van der Waals surface area contributed by atoms with Gasteiger partial charge in [0, 0.05) is 19.3 Å². The Morgan fingerprint density at radius 2 is 2.00 bits per heavy atom. The number of nitrogens with two attached hydrogens (primary N) is 1. The van der Waals surface area contributed by atoms with E-state index in [4.69, 9.17) is 10.7 Å². The molecule has 1 aromatic carbocycles. The Hall–Kier alpha value is -3.52. The average molecular weight is 432 g/mol. The van der Waals surface area contributed by atoms with Crippen molar-refractivity contribution in [2.45, 2.75) is 26.4 Å². The summed E-state index contributed by atoms with van der Waals surface area (Å²) in [6.07, 6.45) is 2.42. The molecule has 0 spiro atoms. The van der Waals surface area contributed by atoms with Gasteiger partial charge in [-0.3, -0.25) is 9.59 Å². The lowest BCUT2D eigenvalue weighted by molar-refractivity contribution is 0.0997. The van der Waals surface area contributed by atoms with Crippen molar-refractivity contribution in [1.29, 1.82) is 0 Å². The van der Waals surface area contributed by atoms with Crippen LogP contribution in [0.3, 0.4) is 0 Å². The van der Waals surface area contributed by atoms with E-state index in [-0.39, 0.29) is 11.1 Å². The van der Waals surface area contributed by atoms with Crippen molar-refractivity contribution >= 4 is 33.3 Å². The first-order valence-electron chi connectivity index (χ1n) is 10.1. The van der Waals surface area contributed by atoms with Crippen molar-refractivity contribution in [3.63, 3.8) is 0 Å². The number of fused-ring (bicyclic) bond motifs is 2. The fraction of sp³-hybridized carbons (Fsp3) is 0.217. The highest BCUT2D eigenvalue weighted by molar-refractivity contribution is 7.17. The van der Waals surface area contributed by atoms with Crippen LogP contribution in [0.2, 0.25) is 0 Å². The summed E-state index contributed by atoms with van der Waals surface area (Å²) in [5.74, 6) is 0.943. The predicted molar refractivity (Wildman–Crippen MR) is 122 cm³/mol. The number of primary amides is 1. The maximum atomic E-state index is 13.1. The number of thiophene rings is 1. The van der Waals surface area contributed by atoms with Crippen LogP contribution >= 0.6 is 11.3 Å². The van der Waals surface area contributed by atoms with E-state index in [0.29, 0.717) is 26.1 Å². The van der Waals surface area contributed by atoms with E-state index in [1.54, 1.807) is 15.9 Å². The molecule has 156 valence electrons. The van der Waals surface area contributed by atoms with Crippen LogP contribution in [0.25, 0.3) is 10.2 Å². The Morgan fingerprint density at radius 3 is 2.77 bits per heavy atom. The van der Waals surface area contributed by atoms with Gasteiger partial charge in [0.05, 0.1) is 16.8 Å². The molecule has 1 aliphatic rings. The van der Waals surface area contributed by atoms with Crippen molar-refractivity contribution in [1.82, 2.24) is 14.5 Å². The van der Waals surface area contributed by atoms with Crippen LogP contribution in [0.5, 0.6) is 0 Å². The number of rotatable bonds is 4. The number of aromatic nitrogens is 3. The largest absolute Gasteiger partial charge is 0.365 e. The van der Waals surface area contributed by atoms with Gasteiger partial charge >= 0.3 is 0 Å². The van der Waals surface area contributed by atoms with Crippen LogP contribution in [-0.2, 0) is 19.5 Å². The molecule has 0 aliphatic carbocycles. The van der Waals surface area contributed by atoms with Crippen molar-refractivity contribution in [2.75, 3.05) is 11.4 Å². The maximum Gasteiger partial charge on any atom is 0.264 e. The van der Waals surface area contributed by atoms with Gasteiger partial charge in [-0.1, -0.05) is 30.3 Å². The zero-order chi connectivity index (χ0) is 21.5. The number of aryl methyl sites for hydroxylation is 1. The van der Waals surface area contributed by atoms with Gasteiger partial charge in [-0.15, -0.1) is 11.3 Å². The Morgan fingerprint density at radius 1 is 1.19 bits per heavy atom. The fourth-order valence-electron chi connectivity index (χ4n) is 4.22. The van der Waals surface area contributed by atoms with Crippen molar-refractivity contribution in [3.8, 4) is 0 Å². The topological polar surface area (TPSA) is 94.1 Å². The zero-order valence-corrected chi connectivity index (χ0v) is 17.9. The number of benzene rings is 1. The second-order valence-electron chi connectivity index (χ2n) is 7.69. The van der Waals surface area contributed by atoms with E-state index < -0.39 is 5.91 Å². The standard InChI is InChI=1S/C23H21N5O2S/c1-14-25-18-8-10-31-20(18)22(26-14)27-9-7-17-16(12-27)13-28(23(30)19(17)21(24)29)11-15-5-3-2-4-6-15/h2-6,8,10,13H,7,9,11-12H2,1H3,(H2,24,29). The van der Waals surface area contributed by atoms with Crippen molar-refractivity contribution in [3.05, 3.63) is 86.4 Å². The molecule has 1 amide bonds. The van der Waals surface area contributed by atoms with Gasteiger partial charge in [-0.2, -0.15) is 0 Å². The highest BCUT2D eigenvalue weighted by Crippen LogP contribution is 2.32. The number of pyridine rings is 1. The highest BCUT2D eigenvalue weighted by Gasteiger charge is 2.27. The van der Waals surface area contributed by atoms with Gasteiger partial charge in [0.25, 0.3) is 11.5 Å². The van der Waals surface area contributed by atoms with Gasteiger partial charge in [0.15, 0.2) is 5.82 Å². The molecule has 1 aliphatic heterocycles. The smallest absolute Gasteiger partial charge is 0.264 e. The first-order chi connectivity index (χ1) is 15.0. The second-order valence-corrected chi connectivity index (χ2v) is 8.61. The Kier molecular flexibility index (Phi) is 4.78. The van der Waals surface area contributed by atoms with Crippen LogP contribution < -0.4 is 16.2 Å². The molecule has 3 aromatic heterocycles. The minimum Gasteiger partial charge on any atom is -0.365 e. The van der Waals surface area contributed by atoms with Gasteiger partial charge < -0.3 is 15.2 Å². The Balaban J connectivity index is 1.59. The first kappa shape index (κ1) is 19.4. The summed E-state index contributed by atoms with van der Waals surface area (Å²) in [6.45, 7) is 3.48. The molecule has 7 nitrogen and oxygen atoms in total. The molecule has 5 rings (SSSR count). The molecule has 0 radical (unpaired) electrons. The lowest BCUT2D eigenvalue weighted by Gasteiger charge is -2.31. The van der Waals surface area contributed by atoms with Crippen LogP contribution in [0, 0.1) is 6.92 Å². The van der Waals surface area contributed by atoms with E-state index in [0.717, 1.165) is 38.5 Å². The number of hydrogen-bond acceptors (Lipinski definition) is 6. The third-order valence-electron chi connectivity index (χ3n) is 5.61. The molecule has 0 fully saturated rings. The summed E-state index contributed by atoms with van der Waals surface area (Å²) in [6, 6.07) is 11.7. The molecule has 0 saturated carbocycles. The fourth-order valence-corrected chi connectivity index (χ4v) is 5.07. The number of hydrogen-bond donors (Lipinski definition) is 1. The molecule has 2 N–H and O–H groups in total. The third kappa shape index (κ3) is 3.48. The number of anilines is 1. The number of carbonyl (C=O) groups excluding carboxylic acids is 1. The van der Waals surface area contributed by atoms with Crippen molar-refractivity contribution < 1.29 is 4.79 Å². The molecule has 0 bridgehead atoms. The van der Waals surface area contributed by atoms with E-state index in [9.17, 15) is 9.59 Å². The van der Waals surface area contributed by atoms with Crippen molar-refractivity contribution in [2.24, 2.45) is 5.73 Å². The highest BCUT2D eigenvalue weighted by atomic mass is 32.1. The van der Waals surface area contributed by atoms with Gasteiger partial charge in [0.1, 0.15) is 11.4 Å². The molecular formula is C23H21N5O2S. The quantitative estimate of drug-likeness (QED) is 0.536. The average Bonchev–Trinajstić information content (AvgIpc) is 3.22. The van der Waals surface area contributed by atoms with Crippen LogP contribution in [-0.4, -0.2) is 27.0 Å².